The number of aliphatic carboxylic acids is 1. The van der Waals surface area contributed by atoms with Gasteiger partial charge in [0.05, 0.1) is 13.2 Å². The minimum Gasteiger partial charge on any atom is -0.493 e. The van der Waals surface area contributed by atoms with Gasteiger partial charge in [0.2, 0.25) is 0 Å². The summed E-state index contributed by atoms with van der Waals surface area (Å²) in [5.41, 5.74) is 9.16. The van der Waals surface area contributed by atoms with Crippen LogP contribution >= 0.6 is 19.4 Å². The number of nitrogens with one attached hydrogen (secondary N) is 1. The molecular formula is C37H47ClN3O7P. The largest absolute Gasteiger partial charge is 0.527 e. The van der Waals surface area contributed by atoms with Gasteiger partial charge in [0, 0.05) is 34.7 Å². The molecule has 0 aliphatic heterocycles. The van der Waals surface area contributed by atoms with Crippen LogP contribution in [0.15, 0.2) is 54.7 Å². The molecule has 10 nitrogen and oxygen atoms in total. The first-order valence-electron chi connectivity index (χ1n) is 17.3. The summed E-state index contributed by atoms with van der Waals surface area (Å²) in [5.74, 6) is 1.10. The Morgan fingerprint density at radius 2 is 1.98 bits per heavy atom. The fourth-order valence-electron chi connectivity index (χ4n) is 8.46. The quantitative estimate of drug-likeness (QED) is 0.130. The Kier molecular flexibility index (Phi) is 10.6. The Hall–Kier alpha value is -3.14. The van der Waals surface area contributed by atoms with Crippen LogP contribution in [0.25, 0.3) is 0 Å². The summed E-state index contributed by atoms with van der Waals surface area (Å²) in [6.07, 6.45) is 8.78. The number of phosphoric ester groups is 1. The van der Waals surface area contributed by atoms with Gasteiger partial charge in [0.25, 0.3) is 0 Å². The number of carbonyl (C=O) groups is 1. The highest BCUT2D eigenvalue weighted by molar-refractivity contribution is 7.47. The van der Waals surface area contributed by atoms with Crippen molar-refractivity contribution in [3.8, 4) is 11.5 Å². The van der Waals surface area contributed by atoms with E-state index in [4.69, 9.17) is 31.1 Å². The van der Waals surface area contributed by atoms with Crippen LogP contribution < -0.4 is 20.3 Å². The maximum absolute atomic E-state index is 12.9. The molecule has 1 heterocycles. The second-order valence-electron chi connectivity index (χ2n) is 14.2. The van der Waals surface area contributed by atoms with E-state index in [1.54, 1.807) is 24.3 Å². The van der Waals surface area contributed by atoms with E-state index in [1.807, 2.05) is 30.5 Å². The van der Waals surface area contributed by atoms with Crippen molar-refractivity contribution in [2.75, 3.05) is 25.1 Å². The fourth-order valence-corrected chi connectivity index (χ4v) is 9.42. The molecule has 3 aliphatic carbocycles. The van der Waals surface area contributed by atoms with Crippen molar-refractivity contribution in [2.24, 2.45) is 17.6 Å². The molecule has 1 unspecified atom stereocenters. The number of benzene rings is 2. The fraction of sp³-hybridized carbons (Fsp3) is 0.514. The number of ether oxygens (including phenoxy) is 1. The summed E-state index contributed by atoms with van der Waals surface area (Å²) in [5, 5.41) is 14.4. The van der Waals surface area contributed by atoms with Crippen LogP contribution in [0.2, 0.25) is 5.02 Å². The molecular weight excluding hydrogens is 665 g/mol. The topological polar surface area (TPSA) is 153 Å². The highest BCUT2D eigenvalue weighted by Crippen LogP contribution is 2.57. The number of rotatable bonds is 13. The van der Waals surface area contributed by atoms with Gasteiger partial charge < -0.3 is 25.4 Å². The van der Waals surface area contributed by atoms with E-state index in [9.17, 15) is 19.4 Å². The molecule has 0 radical (unpaired) electrons. The zero-order valence-corrected chi connectivity index (χ0v) is 29.8. The van der Waals surface area contributed by atoms with Crippen molar-refractivity contribution < 1.29 is 33.1 Å². The molecule has 3 aromatic rings. The van der Waals surface area contributed by atoms with E-state index < -0.39 is 19.3 Å². The van der Waals surface area contributed by atoms with Crippen molar-refractivity contribution in [1.82, 2.24) is 4.98 Å². The molecule has 49 heavy (non-hydrogen) atoms. The van der Waals surface area contributed by atoms with Crippen molar-refractivity contribution >= 4 is 31.1 Å². The average molecular weight is 712 g/mol. The summed E-state index contributed by atoms with van der Waals surface area (Å²) in [6.45, 7) is 4.99. The zero-order chi connectivity index (χ0) is 34.8. The molecule has 1 spiro atoms. The third-order valence-electron chi connectivity index (χ3n) is 10.9. The number of hydrogen-bond donors (Lipinski definition) is 4. The Morgan fingerprint density at radius 1 is 1.18 bits per heavy atom. The maximum Gasteiger partial charge on any atom is 0.527 e. The van der Waals surface area contributed by atoms with E-state index in [2.05, 4.69) is 24.1 Å². The lowest BCUT2D eigenvalue weighted by Crippen LogP contribution is -2.53. The van der Waals surface area contributed by atoms with Gasteiger partial charge in [-0.2, -0.15) is 0 Å². The summed E-state index contributed by atoms with van der Waals surface area (Å²) in [7, 11) is -4.37. The minimum absolute atomic E-state index is 0.0853. The third-order valence-corrected chi connectivity index (χ3v) is 12.0. The second-order valence-corrected chi connectivity index (χ2v) is 16.0. The number of halogens is 1. The van der Waals surface area contributed by atoms with Crippen LogP contribution in [0.3, 0.4) is 0 Å². The molecule has 2 aromatic carbocycles. The molecule has 1 aromatic heterocycles. The lowest BCUT2D eigenvalue weighted by Gasteiger charge is -2.47. The van der Waals surface area contributed by atoms with Crippen molar-refractivity contribution in [1.29, 1.82) is 0 Å². The number of hydrogen-bond acceptors (Lipinski definition) is 8. The van der Waals surface area contributed by atoms with Gasteiger partial charge in [-0.25, -0.2) is 9.36 Å². The normalized spacial score (nSPS) is 26.3. The van der Waals surface area contributed by atoms with Gasteiger partial charge >= 0.3 is 13.8 Å². The SMILES string of the molecule is C[C@@H](COc1ccnc2c1[C@H](C)CCC2)C[C@H]1Cc2ccc(OP(=O)(O)OCCN)cc2C12CCC(Nc1cccc(Cl)c1)(C(=O)O)CC2. The maximum atomic E-state index is 12.9. The second kappa shape index (κ2) is 14.6. The number of fused-ring (bicyclic) bond motifs is 3. The van der Waals surface area contributed by atoms with Gasteiger partial charge in [-0.05, 0) is 128 Å². The van der Waals surface area contributed by atoms with E-state index in [0.717, 1.165) is 54.7 Å². The van der Waals surface area contributed by atoms with E-state index in [-0.39, 0.29) is 36.2 Å². The number of phosphoric acid groups is 1. The van der Waals surface area contributed by atoms with Crippen LogP contribution in [-0.2, 0) is 32.1 Å². The van der Waals surface area contributed by atoms with Crippen LogP contribution in [0.1, 0.15) is 87.1 Å². The summed E-state index contributed by atoms with van der Waals surface area (Å²) in [4.78, 5) is 27.8. The van der Waals surface area contributed by atoms with Crippen molar-refractivity contribution in [3.63, 3.8) is 0 Å². The average Bonchev–Trinajstić information content (AvgIpc) is 3.35. The minimum atomic E-state index is -4.37. The van der Waals surface area contributed by atoms with E-state index >= 15 is 0 Å². The first kappa shape index (κ1) is 35.7. The number of carboxylic acids is 1. The van der Waals surface area contributed by atoms with Crippen LogP contribution in [0, 0.1) is 11.8 Å². The van der Waals surface area contributed by atoms with Crippen molar-refractivity contribution in [3.05, 3.63) is 82.1 Å². The molecule has 264 valence electrons. The number of nitrogens with zero attached hydrogens (tertiary/aromatic N) is 1. The van der Waals surface area contributed by atoms with Gasteiger partial charge in [-0.15, -0.1) is 0 Å². The molecule has 0 bridgehead atoms. The third kappa shape index (κ3) is 7.64. The van der Waals surface area contributed by atoms with E-state index in [1.165, 1.54) is 5.56 Å². The predicted octanol–water partition coefficient (Wildman–Crippen LogP) is 7.65. The molecule has 0 amide bonds. The molecule has 3 aliphatic rings. The molecule has 6 rings (SSSR count). The predicted molar refractivity (Wildman–Crippen MR) is 190 cm³/mol. The first-order chi connectivity index (χ1) is 23.4. The summed E-state index contributed by atoms with van der Waals surface area (Å²) < 4.78 is 29.6. The molecule has 4 atom stereocenters. The number of carboxylic acid groups (broad SMARTS) is 1. The van der Waals surface area contributed by atoms with E-state index in [0.29, 0.717) is 48.9 Å². The Labute approximate surface area is 293 Å². The number of anilines is 1. The molecule has 1 saturated carbocycles. The van der Waals surface area contributed by atoms with Gasteiger partial charge in [-0.3, -0.25) is 14.4 Å². The zero-order valence-electron chi connectivity index (χ0n) is 28.2. The van der Waals surface area contributed by atoms with Gasteiger partial charge in [0.15, 0.2) is 0 Å². The first-order valence-corrected chi connectivity index (χ1v) is 19.2. The number of pyridine rings is 1. The number of aromatic nitrogens is 1. The Bertz CT molecular complexity index is 1710. The lowest BCUT2D eigenvalue weighted by molar-refractivity contribution is -0.144. The van der Waals surface area contributed by atoms with Crippen molar-refractivity contribution in [2.45, 2.75) is 88.5 Å². The molecule has 1 fully saturated rings. The summed E-state index contributed by atoms with van der Waals surface area (Å²) in [6, 6.07) is 14.7. The number of nitrogens with two attached hydrogens (primary N) is 1. The standard InChI is InChI=1S/C37H47ClN3O7P/c1-24(23-46-33-11-17-40-32-8-3-5-25(2)34(32)33)19-27-20-26-9-10-30(48-49(44,45)47-18-16-39)22-31(26)36(27)12-14-37(15-13-36,35(42)43)41-29-7-4-6-28(38)21-29/h4,6-7,9-11,17,21-22,24-25,27,41H,3,5,8,12-16,18-20,23,39H2,1-2H3,(H,42,43)(H,44,45)/t24-,25-,27+,36?,37?/m1/s1. The Morgan fingerprint density at radius 3 is 2.71 bits per heavy atom. The highest BCUT2D eigenvalue weighted by Gasteiger charge is 2.54. The lowest BCUT2D eigenvalue weighted by atomic mass is 9.59. The molecule has 5 N–H and O–H groups in total. The smallest absolute Gasteiger partial charge is 0.493 e. The van der Waals surface area contributed by atoms with Crippen LogP contribution in [-0.4, -0.2) is 46.3 Å². The monoisotopic (exact) mass is 711 g/mol. The summed E-state index contributed by atoms with van der Waals surface area (Å²) >= 11 is 6.24. The van der Waals surface area contributed by atoms with Crippen LogP contribution in [0.4, 0.5) is 5.69 Å². The van der Waals surface area contributed by atoms with Gasteiger partial charge in [-0.1, -0.05) is 37.6 Å². The molecule has 0 saturated heterocycles. The molecule has 12 heteroatoms. The van der Waals surface area contributed by atoms with Crippen LogP contribution in [0.5, 0.6) is 11.5 Å². The highest BCUT2D eigenvalue weighted by atomic mass is 35.5. The number of aryl methyl sites for hydroxylation is 1. The Balaban J connectivity index is 1.26. The van der Waals surface area contributed by atoms with Gasteiger partial charge in [0.1, 0.15) is 17.0 Å².